The quantitative estimate of drug-likeness (QED) is 0.234. The first kappa shape index (κ1) is 21.3. The highest BCUT2D eigenvalue weighted by Crippen LogP contribution is 1.95. The van der Waals surface area contributed by atoms with Crippen molar-refractivity contribution in [1.29, 1.82) is 0 Å². The summed E-state index contributed by atoms with van der Waals surface area (Å²) in [6.07, 6.45) is 3.44. The van der Waals surface area contributed by atoms with Crippen molar-refractivity contribution >= 4 is 46.1 Å². The fourth-order valence-corrected chi connectivity index (χ4v) is 2.26. The smallest absolute Gasteiger partial charge is 0.187 e. The molecule has 0 spiro atoms. The van der Waals surface area contributed by atoms with Gasteiger partial charge in [0, 0.05) is 25.5 Å². The lowest BCUT2D eigenvalue weighted by Gasteiger charge is -2.10. The molecular weight excluding hydrogens is 392 g/mol. The second kappa shape index (κ2) is 11.7. The minimum atomic E-state index is 0.417. The lowest BCUT2D eigenvalue weighted by molar-refractivity contribution is 0.782. The second-order valence-corrected chi connectivity index (χ2v) is 6.38. The molecule has 2 aromatic rings. The summed E-state index contributed by atoms with van der Waals surface area (Å²) in [6.45, 7) is 4.84. The van der Waals surface area contributed by atoms with Crippen molar-refractivity contribution in [2.45, 2.75) is 13.8 Å². The van der Waals surface area contributed by atoms with Crippen molar-refractivity contribution in [3.8, 4) is 0 Å². The lowest BCUT2D eigenvalue weighted by Crippen LogP contribution is -2.41. The summed E-state index contributed by atoms with van der Waals surface area (Å²) < 4.78 is 0. The number of hydrazone groups is 2. The molecule has 146 valence electrons. The maximum Gasteiger partial charge on any atom is 0.187 e. The molecule has 4 N–H and O–H groups in total. The molecule has 0 saturated carbocycles. The van der Waals surface area contributed by atoms with E-state index in [0.29, 0.717) is 23.3 Å². The van der Waals surface area contributed by atoms with Crippen molar-refractivity contribution in [1.82, 2.24) is 31.5 Å². The van der Waals surface area contributed by atoms with Crippen LogP contribution in [0.1, 0.15) is 25.2 Å². The van der Waals surface area contributed by atoms with E-state index in [4.69, 9.17) is 24.4 Å². The van der Waals surface area contributed by atoms with Crippen LogP contribution in [0.4, 0.5) is 0 Å². The van der Waals surface area contributed by atoms with E-state index in [-0.39, 0.29) is 0 Å². The maximum absolute atomic E-state index is 5.19. The Morgan fingerprint density at radius 3 is 1.57 bits per heavy atom. The Labute approximate surface area is 174 Å². The zero-order chi connectivity index (χ0) is 20.2. The van der Waals surface area contributed by atoms with Gasteiger partial charge in [0.2, 0.25) is 0 Å². The van der Waals surface area contributed by atoms with Crippen LogP contribution >= 0.6 is 24.4 Å². The van der Waals surface area contributed by atoms with Crippen LogP contribution in [0.25, 0.3) is 0 Å². The van der Waals surface area contributed by atoms with E-state index >= 15 is 0 Å². The summed E-state index contributed by atoms with van der Waals surface area (Å²) in [4.78, 5) is 8.44. The molecule has 2 aromatic heterocycles. The van der Waals surface area contributed by atoms with Crippen molar-refractivity contribution in [2.75, 3.05) is 13.1 Å². The molecule has 0 aliphatic carbocycles. The molecule has 0 atom stereocenters. The van der Waals surface area contributed by atoms with Gasteiger partial charge < -0.3 is 10.6 Å². The third-order valence-corrected chi connectivity index (χ3v) is 3.89. The van der Waals surface area contributed by atoms with Crippen LogP contribution in [0.2, 0.25) is 0 Å². The number of thiocarbonyl (C=S) groups is 2. The first-order chi connectivity index (χ1) is 13.6. The predicted octanol–water partition coefficient (Wildman–Crippen LogP) is 1.55. The Bertz CT molecular complexity index is 766. The molecule has 2 heterocycles. The molecule has 0 bridgehead atoms. The number of nitrogens with zero attached hydrogens (tertiary/aromatic N) is 4. The van der Waals surface area contributed by atoms with Crippen LogP contribution in [0, 0.1) is 0 Å². The third-order valence-electron chi connectivity index (χ3n) is 3.42. The van der Waals surface area contributed by atoms with Crippen LogP contribution in [0.5, 0.6) is 0 Å². The van der Waals surface area contributed by atoms with E-state index in [2.05, 4.69) is 41.7 Å². The van der Waals surface area contributed by atoms with Crippen molar-refractivity contribution in [2.24, 2.45) is 10.2 Å². The predicted molar refractivity (Wildman–Crippen MR) is 120 cm³/mol. The average molecular weight is 415 g/mol. The van der Waals surface area contributed by atoms with Gasteiger partial charge in [0.1, 0.15) is 0 Å². The van der Waals surface area contributed by atoms with Gasteiger partial charge in [0.05, 0.1) is 22.8 Å². The summed E-state index contributed by atoms with van der Waals surface area (Å²) in [6, 6.07) is 11.3. The molecular formula is C18H22N8S2. The van der Waals surface area contributed by atoms with Gasteiger partial charge in [-0.25, -0.2) is 0 Å². The highest BCUT2D eigenvalue weighted by atomic mass is 32.1. The lowest BCUT2D eigenvalue weighted by atomic mass is 10.3. The monoisotopic (exact) mass is 414 g/mol. The van der Waals surface area contributed by atoms with Crippen molar-refractivity contribution < 1.29 is 0 Å². The Kier molecular flexibility index (Phi) is 8.89. The molecule has 2 rings (SSSR count). The second-order valence-electron chi connectivity index (χ2n) is 5.56. The number of rotatable bonds is 7. The van der Waals surface area contributed by atoms with Crippen LogP contribution in [0.15, 0.2) is 59.0 Å². The van der Waals surface area contributed by atoms with Gasteiger partial charge in [-0.3, -0.25) is 20.8 Å². The number of aromatic nitrogens is 2. The van der Waals surface area contributed by atoms with Crippen molar-refractivity contribution in [3.05, 3.63) is 60.2 Å². The van der Waals surface area contributed by atoms with Crippen LogP contribution < -0.4 is 21.5 Å². The molecule has 0 radical (unpaired) electrons. The van der Waals surface area contributed by atoms with Gasteiger partial charge in [-0.2, -0.15) is 10.2 Å². The van der Waals surface area contributed by atoms with Crippen LogP contribution in [-0.2, 0) is 0 Å². The topological polar surface area (TPSA) is 98.6 Å². The molecule has 0 unspecified atom stereocenters. The number of hydrogen-bond donors (Lipinski definition) is 4. The fraction of sp³-hybridized carbons (Fsp3) is 0.222. The fourth-order valence-electron chi connectivity index (χ4n) is 1.97. The standard InChI is InChI=1S/C18H22N8S2/c1-13(15-7-3-5-9-19-15)23-25-17(27)21-11-12-22-18(28)26-24-14(2)16-8-4-6-10-20-16/h3-10H,11-12H2,1-2H3,(H2,21,25,27)(H2,22,26,28)/b23-13+,24-14+. The maximum atomic E-state index is 5.19. The van der Waals surface area contributed by atoms with Gasteiger partial charge in [0.15, 0.2) is 10.2 Å². The number of nitrogens with one attached hydrogen (secondary N) is 4. The minimum Gasteiger partial charge on any atom is -0.360 e. The summed E-state index contributed by atoms with van der Waals surface area (Å²) >= 11 is 10.4. The molecule has 0 aliphatic heterocycles. The Balaban J connectivity index is 1.64. The normalized spacial score (nSPS) is 11.5. The van der Waals surface area contributed by atoms with Gasteiger partial charge >= 0.3 is 0 Å². The SMILES string of the molecule is C/C(=N\NC(=S)NCCNC(=S)N/N=C(\C)c1ccccn1)c1ccccn1. The molecule has 0 saturated heterocycles. The molecule has 0 aromatic carbocycles. The largest absolute Gasteiger partial charge is 0.360 e. The third kappa shape index (κ3) is 7.72. The summed E-state index contributed by atoms with van der Waals surface area (Å²) in [5, 5.41) is 15.3. The van der Waals surface area contributed by atoms with E-state index in [9.17, 15) is 0 Å². The minimum absolute atomic E-state index is 0.417. The molecule has 8 nitrogen and oxygen atoms in total. The Morgan fingerprint density at radius 2 is 1.21 bits per heavy atom. The van der Waals surface area contributed by atoms with Crippen molar-refractivity contribution in [3.63, 3.8) is 0 Å². The summed E-state index contributed by atoms with van der Waals surface area (Å²) in [7, 11) is 0. The van der Waals surface area contributed by atoms with E-state index in [0.717, 1.165) is 22.8 Å². The Hall–Kier alpha value is -2.98. The Morgan fingerprint density at radius 1 is 0.786 bits per heavy atom. The zero-order valence-corrected chi connectivity index (χ0v) is 17.3. The first-order valence-electron chi connectivity index (χ1n) is 8.55. The van der Waals surface area contributed by atoms with Crippen LogP contribution in [0.3, 0.4) is 0 Å². The molecule has 10 heteroatoms. The molecule has 0 aliphatic rings. The van der Waals surface area contributed by atoms with E-state index in [1.54, 1.807) is 12.4 Å². The number of hydrogen-bond acceptors (Lipinski definition) is 6. The van der Waals surface area contributed by atoms with Gasteiger partial charge in [-0.1, -0.05) is 12.1 Å². The molecule has 0 amide bonds. The summed E-state index contributed by atoms with van der Waals surface area (Å²) in [5.74, 6) is 0. The van der Waals surface area contributed by atoms with E-state index in [1.165, 1.54) is 0 Å². The molecule has 28 heavy (non-hydrogen) atoms. The van der Waals surface area contributed by atoms with E-state index in [1.807, 2.05) is 50.2 Å². The van der Waals surface area contributed by atoms with E-state index < -0.39 is 0 Å². The van der Waals surface area contributed by atoms with Gasteiger partial charge in [-0.15, -0.1) is 0 Å². The highest BCUT2D eigenvalue weighted by molar-refractivity contribution is 7.80. The molecule has 0 fully saturated rings. The van der Waals surface area contributed by atoms with Gasteiger partial charge in [-0.05, 0) is 62.5 Å². The highest BCUT2D eigenvalue weighted by Gasteiger charge is 2.00. The van der Waals surface area contributed by atoms with Crippen LogP contribution in [-0.4, -0.2) is 44.7 Å². The number of pyridine rings is 2. The van der Waals surface area contributed by atoms with Gasteiger partial charge in [0.25, 0.3) is 0 Å². The average Bonchev–Trinajstić information content (AvgIpc) is 2.74. The first-order valence-corrected chi connectivity index (χ1v) is 9.37. The summed E-state index contributed by atoms with van der Waals surface area (Å²) in [5.41, 5.74) is 8.65. The zero-order valence-electron chi connectivity index (χ0n) is 15.6.